The second-order valence-electron chi connectivity index (χ2n) is 5.17. The molecule has 0 spiro atoms. The van der Waals surface area contributed by atoms with Crippen LogP contribution in [0.4, 0.5) is 0 Å². The van der Waals surface area contributed by atoms with Crippen molar-refractivity contribution in [3.8, 4) is 0 Å². The predicted octanol–water partition coefficient (Wildman–Crippen LogP) is 2.18. The quantitative estimate of drug-likeness (QED) is 0.680. The summed E-state index contributed by atoms with van der Waals surface area (Å²) in [6.45, 7) is 12.3. The van der Waals surface area contributed by atoms with E-state index in [0.29, 0.717) is 0 Å². The molecule has 0 aliphatic carbocycles. The molecule has 2 N–H and O–H groups in total. The van der Waals surface area contributed by atoms with Gasteiger partial charge in [0.25, 0.3) is 0 Å². The molecule has 2 heteroatoms. The van der Waals surface area contributed by atoms with Crippen molar-refractivity contribution in [2.24, 2.45) is 22.5 Å². The maximum Gasteiger partial charge on any atom is 0.223 e. The fourth-order valence-electron chi connectivity index (χ4n) is 1.30. The van der Waals surface area contributed by atoms with Crippen molar-refractivity contribution in [2.75, 3.05) is 0 Å². The Hall–Kier alpha value is -0.530. The number of hydrogen-bond donors (Lipinski definition) is 1. The molecule has 0 heterocycles. The first-order valence-electron chi connectivity index (χ1n) is 4.40. The number of hydrogen-bond acceptors (Lipinski definition) is 1. The van der Waals surface area contributed by atoms with Gasteiger partial charge in [-0.05, 0) is 11.3 Å². The molecule has 2 nitrogen and oxygen atoms in total. The summed E-state index contributed by atoms with van der Waals surface area (Å²) in [6, 6.07) is 0. The van der Waals surface area contributed by atoms with Gasteiger partial charge in [-0.3, -0.25) is 4.79 Å². The van der Waals surface area contributed by atoms with Crippen molar-refractivity contribution in [1.82, 2.24) is 0 Å². The average molecular weight is 171 g/mol. The van der Waals surface area contributed by atoms with Gasteiger partial charge in [-0.1, -0.05) is 41.5 Å². The summed E-state index contributed by atoms with van der Waals surface area (Å²) in [5, 5.41) is 0. The first-order chi connectivity index (χ1) is 5.10. The van der Waals surface area contributed by atoms with Crippen LogP contribution in [0.2, 0.25) is 0 Å². The molecule has 12 heavy (non-hydrogen) atoms. The Morgan fingerprint density at radius 3 is 1.58 bits per heavy atom. The summed E-state index contributed by atoms with van der Waals surface area (Å²) in [4.78, 5) is 11.1. The minimum absolute atomic E-state index is 0.124. The second-order valence-corrected chi connectivity index (χ2v) is 5.17. The van der Waals surface area contributed by atoms with Gasteiger partial charge < -0.3 is 5.73 Å². The Balaban J connectivity index is 4.69. The zero-order valence-corrected chi connectivity index (χ0v) is 9.06. The van der Waals surface area contributed by atoms with E-state index in [1.807, 2.05) is 13.8 Å². The van der Waals surface area contributed by atoms with Crippen LogP contribution in [0.25, 0.3) is 0 Å². The molecule has 0 aromatic heterocycles. The van der Waals surface area contributed by atoms with E-state index >= 15 is 0 Å². The van der Waals surface area contributed by atoms with Gasteiger partial charge in [-0.2, -0.15) is 0 Å². The normalized spacial score (nSPS) is 15.8. The van der Waals surface area contributed by atoms with Crippen molar-refractivity contribution >= 4 is 5.91 Å². The fraction of sp³-hybridized carbons (Fsp3) is 0.900. The van der Waals surface area contributed by atoms with Crippen LogP contribution in [0, 0.1) is 16.7 Å². The molecule has 0 aliphatic rings. The summed E-state index contributed by atoms with van der Waals surface area (Å²) in [5.74, 6) is 0.0624. The minimum Gasteiger partial charge on any atom is -0.369 e. The highest BCUT2D eigenvalue weighted by atomic mass is 16.1. The van der Waals surface area contributed by atoms with Gasteiger partial charge in [0, 0.05) is 5.41 Å². The van der Waals surface area contributed by atoms with Crippen LogP contribution in [0.3, 0.4) is 0 Å². The topological polar surface area (TPSA) is 43.1 Å². The number of nitrogens with two attached hydrogens (primary N) is 1. The summed E-state index contributed by atoms with van der Waals surface area (Å²) in [5.41, 5.74) is 5.03. The van der Waals surface area contributed by atoms with Crippen LogP contribution in [-0.4, -0.2) is 5.91 Å². The molecule has 0 bridgehead atoms. The zero-order chi connectivity index (χ0) is 10.2. The van der Waals surface area contributed by atoms with Gasteiger partial charge in [0.1, 0.15) is 0 Å². The molecule has 0 aromatic rings. The molecule has 1 amide bonds. The third-order valence-corrected chi connectivity index (χ3v) is 3.02. The monoisotopic (exact) mass is 171 g/mol. The first-order valence-corrected chi connectivity index (χ1v) is 4.40. The lowest BCUT2D eigenvalue weighted by molar-refractivity contribution is -0.130. The van der Waals surface area contributed by atoms with E-state index in [1.54, 1.807) is 0 Å². The molecular formula is C10H21NO. The van der Waals surface area contributed by atoms with E-state index in [2.05, 4.69) is 27.7 Å². The van der Waals surface area contributed by atoms with Crippen LogP contribution in [-0.2, 0) is 4.79 Å². The number of amides is 1. The van der Waals surface area contributed by atoms with E-state index in [4.69, 9.17) is 5.73 Å². The van der Waals surface area contributed by atoms with Crippen molar-refractivity contribution in [1.29, 1.82) is 0 Å². The SMILES string of the molecule is CC(C(C)(C)C)C(C)(C)C(N)=O. The fourth-order valence-corrected chi connectivity index (χ4v) is 1.30. The summed E-state index contributed by atoms with van der Waals surface area (Å²) in [7, 11) is 0. The average Bonchev–Trinajstić information content (AvgIpc) is 1.83. The number of primary amides is 1. The summed E-state index contributed by atoms with van der Waals surface area (Å²) < 4.78 is 0. The summed E-state index contributed by atoms with van der Waals surface area (Å²) >= 11 is 0. The predicted molar refractivity (Wildman–Crippen MR) is 51.6 cm³/mol. The van der Waals surface area contributed by atoms with Gasteiger partial charge in [-0.25, -0.2) is 0 Å². The van der Waals surface area contributed by atoms with Gasteiger partial charge >= 0.3 is 0 Å². The van der Waals surface area contributed by atoms with E-state index in [9.17, 15) is 4.79 Å². The maximum atomic E-state index is 11.1. The van der Waals surface area contributed by atoms with Crippen LogP contribution in [0.5, 0.6) is 0 Å². The van der Waals surface area contributed by atoms with Gasteiger partial charge in [0.15, 0.2) is 0 Å². The third-order valence-electron chi connectivity index (χ3n) is 3.02. The Morgan fingerprint density at radius 1 is 1.17 bits per heavy atom. The highest BCUT2D eigenvalue weighted by molar-refractivity contribution is 5.80. The first kappa shape index (κ1) is 11.5. The lowest BCUT2D eigenvalue weighted by Crippen LogP contribution is -2.42. The Bertz CT molecular complexity index is 177. The Kier molecular flexibility index (Phi) is 2.94. The van der Waals surface area contributed by atoms with E-state index in [-0.39, 0.29) is 17.2 Å². The highest BCUT2D eigenvalue weighted by Crippen LogP contribution is 2.39. The summed E-state index contributed by atoms with van der Waals surface area (Å²) in [6.07, 6.45) is 0. The van der Waals surface area contributed by atoms with E-state index in [0.717, 1.165) is 0 Å². The van der Waals surface area contributed by atoms with Crippen LogP contribution in [0.1, 0.15) is 41.5 Å². The van der Waals surface area contributed by atoms with Crippen molar-refractivity contribution in [3.05, 3.63) is 0 Å². The minimum atomic E-state index is -0.418. The van der Waals surface area contributed by atoms with Gasteiger partial charge in [-0.15, -0.1) is 0 Å². The molecule has 72 valence electrons. The molecule has 0 radical (unpaired) electrons. The molecule has 0 fully saturated rings. The smallest absolute Gasteiger partial charge is 0.223 e. The van der Waals surface area contributed by atoms with Crippen LogP contribution in [0.15, 0.2) is 0 Å². The lowest BCUT2D eigenvalue weighted by Gasteiger charge is -2.38. The molecule has 0 aromatic carbocycles. The molecule has 0 saturated carbocycles. The number of carbonyl (C=O) groups is 1. The highest BCUT2D eigenvalue weighted by Gasteiger charge is 2.38. The molecule has 1 atom stereocenters. The molecule has 0 saturated heterocycles. The second kappa shape index (κ2) is 3.08. The molecular weight excluding hydrogens is 150 g/mol. The molecule has 1 unspecified atom stereocenters. The molecule has 0 rings (SSSR count). The maximum absolute atomic E-state index is 11.1. The van der Waals surface area contributed by atoms with E-state index < -0.39 is 5.41 Å². The van der Waals surface area contributed by atoms with Crippen LogP contribution < -0.4 is 5.73 Å². The number of rotatable bonds is 2. The third kappa shape index (κ3) is 2.23. The number of carbonyl (C=O) groups excluding carboxylic acids is 1. The Morgan fingerprint density at radius 2 is 1.50 bits per heavy atom. The molecule has 0 aliphatic heterocycles. The van der Waals surface area contributed by atoms with Crippen LogP contribution >= 0.6 is 0 Å². The van der Waals surface area contributed by atoms with Crippen molar-refractivity contribution in [2.45, 2.75) is 41.5 Å². The lowest BCUT2D eigenvalue weighted by atomic mass is 9.66. The zero-order valence-electron chi connectivity index (χ0n) is 9.06. The largest absolute Gasteiger partial charge is 0.369 e. The van der Waals surface area contributed by atoms with E-state index in [1.165, 1.54) is 0 Å². The van der Waals surface area contributed by atoms with Gasteiger partial charge in [0.2, 0.25) is 5.91 Å². The Labute approximate surface area is 75.5 Å². The van der Waals surface area contributed by atoms with Crippen molar-refractivity contribution < 1.29 is 4.79 Å². The van der Waals surface area contributed by atoms with Crippen molar-refractivity contribution in [3.63, 3.8) is 0 Å². The standard InChI is InChI=1S/C10H21NO/c1-7(9(2,3)4)10(5,6)8(11)12/h7H,1-6H3,(H2,11,12). The van der Waals surface area contributed by atoms with Gasteiger partial charge in [0.05, 0.1) is 0 Å².